The Balaban J connectivity index is 1.76. The highest BCUT2D eigenvalue weighted by Crippen LogP contribution is 2.38. The number of primary amides is 1. The van der Waals surface area contributed by atoms with Crippen LogP contribution in [0.4, 0.5) is 11.5 Å². The standard InChI is InChI=1S/C26H33N5O4S/c1-3-5-16-13-20(30-25-21(16)22(27)23(36-25)24(28)33)31(18-8-10-29-11-9-18)14-19(32)15-6-4-7-17(12-15)26(34)35-2/h4,6-7,12-13,18-19,29,32H,3,5,8-11,14,27H2,1-2H3,(H2,28,33). The molecule has 6 N–H and O–H groups in total. The number of esters is 1. The SMILES string of the molecule is CCCc1cc(N(CC(O)c2cccc(C(=O)OC)c2)C2CCNCC2)nc2sc(C(N)=O)c(N)c12. The Morgan fingerprint density at radius 2 is 2.06 bits per heavy atom. The molecule has 2 aromatic heterocycles. The number of benzene rings is 1. The first-order valence-corrected chi connectivity index (χ1v) is 13.0. The molecular formula is C26H33N5O4S. The number of hydrogen-bond donors (Lipinski definition) is 4. The van der Waals surface area contributed by atoms with Crippen LogP contribution in [0.2, 0.25) is 0 Å². The normalized spacial score (nSPS) is 15.1. The number of fused-ring (bicyclic) bond motifs is 1. The second-order valence-electron chi connectivity index (χ2n) is 9.05. The molecule has 0 saturated carbocycles. The van der Waals surface area contributed by atoms with Gasteiger partial charge in [-0.25, -0.2) is 9.78 Å². The number of anilines is 2. The van der Waals surface area contributed by atoms with Crippen molar-refractivity contribution in [2.75, 3.05) is 37.4 Å². The molecule has 3 aromatic rings. The van der Waals surface area contributed by atoms with Gasteiger partial charge >= 0.3 is 5.97 Å². The fourth-order valence-corrected chi connectivity index (χ4v) is 5.80. The number of aliphatic hydroxyl groups excluding tert-OH is 1. The van der Waals surface area contributed by atoms with Crippen LogP contribution in [0.1, 0.15) is 63.4 Å². The molecule has 9 nitrogen and oxygen atoms in total. The molecule has 1 aliphatic heterocycles. The van der Waals surface area contributed by atoms with Gasteiger partial charge in [0, 0.05) is 18.0 Å². The van der Waals surface area contributed by atoms with E-state index in [1.807, 2.05) is 6.07 Å². The number of piperidine rings is 1. The lowest BCUT2D eigenvalue weighted by Crippen LogP contribution is -2.45. The molecule has 1 atom stereocenters. The maximum Gasteiger partial charge on any atom is 0.337 e. The molecule has 1 fully saturated rings. The second-order valence-corrected chi connectivity index (χ2v) is 10.0. The third-order valence-electron chi connectivity index (χ3n) is 6.62. The van der Waals surface area contributed by atoms with Crippen LogP contribution in [0.5, 0.6) is 0 Å². The van der Waals surface area contributed by atoms with Gasteiger partial charge in [-0.15, -0.1) is 11.3 Å². The minimum atomic E-state index is -0.855. The highest BCUT2D eigenvalue weighted by Gasteiger charge is 2.27. The molecule has 1 saturated heterocycles. The summed E-state index contributed by atoms with van der Waals surface area (Å²) in [7, 11) is 1.33. The molecule has 4 rings (SSSR count). The molecule has 192 valence electrons. The number of methoxy groups -OCH3 is 1. The number of nitrogens with two attached hydrogens (primary N) is 2. The Bertz CT molecular complexity index is 1250. The van der Waals surface area contributed by atoms with Crippen LogP contribution in [0, 0.1) is 0 Å². The summed E-state index contributed by atoms with van der Waals surface area (Å²) in [5.41, 5.74) is 14.3. The minimum Gasteiger partial charge on any atom is -0.465 e. The number of hydrogen-bond acceptors (Lipinski definition) is 9. The van der Waals surface area contributed by atoms with Crippen LogP contribution in [0.15, 0.2) is 30.3 Å². The third kappa shape index (κ3) is 5.30. The number of nitrogen functional groups attached to an aromatic ring is 1. The average Bonchev–Trinajstić information content (AvgIpc) is 3.24. The van der Waals surface area contributed by atoms with Gasteiger partial charge in [-0.1, -0.05) is 25.5 Å². The lowest BCUT2D eigenvalue weighted by molar-refractivity contribution is 0.0600. The fourth-order valence-electron chi connectivity index (χ4n) is 4.81. The smallest absolute Gasteiger partial charge is 0.337 e. The summed E-state index contributed by atoms with van der Waals surface area (Å²) in [6, 6.07) is 9.06. The zero-order valence-electron chi connectivity index (χ0n) is 20.6. The largest absolute Gasteiger partial charge is 0.465 e. The van der Waals surface area contributed by atoms with Gasteiger partial charge in [0.2, 0.25) is 0 Å². The van der Waals surface area contributed by atoms with Crippen molar-refractivity contribution in [3.05, 3.63) is 51.9 Å². The number of pyridine rings is 1. The number of carbonyl (C=O) groups excluding carboxylic acids is 2. The van der Waals surface area contributed by atoms with Crippen molar-refractivity contribution in [2.24, 2.45) is 5.73 Å². The number of rotatable bonds is 9. The lowest BCUT2D eigenvalue weighted by atomic mass is 10.0. The summed E-state index contributed by atoms with van der Waals surface area (Å²) >= 11 is 1.21. The van der Waals surface area contributed by atoms with Crippen molar-refractivity contribution in [3.8, 4) is 0 Å². The van der Waals surface area contributed by atoms with Crippen molar-refractivity contribution >= 4 is 44.9 Å². The molecule has 10 heteroatoms. The maximum absolute atomic E-state index is 12.0. The number of nitrogens with zero attached hydrogens (tertiary/aromatic N) is 2. The molecule has 1 unspecified atom stereocenters. The van der Waals surface area contributed by atoms with E-state index >= 15 is 0 Å². The summed E-state index contributed by atoms with van der Waals surface area (Å²) in [6.45, 7) is 4.13. The van der Waals surface area contributed by atoms with Crippen LogP contribution in [0.3, 0.4) is 0 Å². The number of thiophene rings is 1. The van der Waals surface area contributed by atoms with Crippen molar-refractivity contribution in [1.29, 1.82) is 0 Å². The van der Waals surface area contributed by atoms with E-state index in [0.717, 1.165) is 55.5 Å². The van der Waals surface area contributed by atoms with Gasteiger partial charge in [-0.3, -0.25) is 4.79 Å². The zero-order chi connectivity index (χ0) is 25.8. The van der Waals surface area contributed by atoms with E-state index < -0.39 is 18.0 Å². The van der Waals surface area contributed by atoms with Gasteiger partial charge in [0.1, 0.15) is 15.5 Å². The minimum absolute atomic E-state index is 0.164. The number of ether oxygens (including phenoxy) is 1. The van der Waals surface area contributed by atoms with Gasteiger partial charge in [0.05, 0.1) is 24.5 Å². The Morgan fingerprint density at radius 3 is 2.72 bits per heavy atom. The topological polar surface area (TPSA) is 144 Å². The van der Waals surface area contributed by atoms with Crippen molar-refractivity contribution in [3.63, 3.8) is 0 Å². The molecule has 0 bridgehead atoms. The molecule has 3 heterocycles. The van der Waals surface area contributed by atoms with E-state index in [1.54, 1.807) is 24.3 Å². The highest BCUT2D eigenvalue weighted by atomic mass is 32.1. The van der Waals surface area contributed by atoms with Crippen LogP contribution in [-0.2, 0) is 11.2 Å². The molecule has 1 amide bonds. The first-order valence-electron chi connectivity index (χ1n) is 12.2. The number of carbonyl (C=O) groups is 2. The monoisotopic (exact) mass is 511 g/mol. The molecule has 0 radical (unpaired) electrons. The van der Waals surface area contributed by atoms with E-state index in [4.69, 9.17) is 21.2 Å². The van der Waals surface area contributed by atoms with Crippen LogP contribution in [0.25, 0.3) is 10.2 Å². The predicted molar refractivity (Wildman–Crippen MR) is 143 cm³/mol. The van der Waals surface area contributed by atoms with E-state index in [0.29, 0.717) is 33.1 Å². The van der Waals surface area contributed by atoms with Gasteiger partial charge in [-0.05, 0) is 61.7 Å². The van der Waals surface area contributed by atoms with Gasteiger partial charge in [-0.2, -0.15) is 0 Å². The summed E-state index contributed by atoms with van der Waals surface area (Å²) in [5.74, 6) is -0.273. The van der Waals surface area contributed by atoms with E-state index in [9.17, 15) is 14.7 Å². The van der Waals surface area contributed by atoms with Crippen LogP contribution in [-0.4, -0.2) is 54.8 Å². The maximum atomic E-state index is 12.0. The Labute approximate surface area is 214 Å². The van der Waals surface area contributed by atoms with E-state index in [1.165, 1.54) is 18.4 Å². The third-order valence-corrected chi connectivity index (χ3v) is 7.73. The Hall–Kier alpha value is -3.21. The summed E-state index contributed by atoms with van der Waals surface area (Å²) in [5, 5.41) is 15.4. The van der Waals surface area contributed by atoms with Crippen LogP contribution < -0.4 is 21.7 Å². The van der Waals surface area contributed by atoms with Crippen molar-refractivity contribution < 1.29 is 19.4 Å². The first-order chi connectivity index (χ1) is 17.3. The van der Waals surface area contributed by atoms with Gasteiger partial charge < -0.3 is 31.5 Å². The Morgan fingerprint density at radius 1 is 1.31 bits per heavy atom. The zero-order valence-corrected chi connectivity index (χ0v) is 21.4. The molecule has 1 aromatic carbocycles. The number of aliphatic hydroxyl groups is 1. The average molecular weight is 512 g/mol. The molecule has 0 spiro atoms. The van der Waals surface area contributed by atoms with Gasteiger partial charge in [0.25, 0.3) is 5.91 Å². The molecule has 0 aliphatic carbocycles. The summed E-state index contributed by atoms with van der Waals surface area (Å²) < 4.78 is 4.83. The molecule has 36 heavy (non-hydrogen) atoms. The summed E-state index contributed by atoms with van der Waals surface area (Å²) in [4.78, 5) is 32.0. The summed E-state index contributed by atoms with van der Waals surface area (Å²) in [6.07, 6.45) is 2.62. The van der Waals surface area contributed by atoms with Crippen LogP contribution >= 0.6 is 11.3 Å². The quantitative estimate of drug-likeness (QED) is 0.321. The predicted octanol–water partition coefficient (Wildman–Crippen LogP) is 3.01. The molecule has 1 aliphatic rings. The number of nitrogens with one attached hydrogen (secondary N) is 1. The van der Waals surface area contributed by atoms with E-state index in [2.05, 4.69) is 17.1 Å². The van der Waals surface area contributed by atoms with Crippen molar-refractivity contribution in [1.82, 2.24) is 10.3 Å². The fraction of sp³-hybridized carbons (Fsp3) is 0.423. The van der Waals surface area contributed by atoms with Gasteiger partial charge in [0.15, 0.2) is 0 Å². The first kappa shape index (κ1) is 25.9. The number of amides is 1. The number of aromatic nitrogens is 1. The highest BCUT2D eigenvalue weighted by molar-refractivity contribution is 7.21. The molecular weight excluding hydrogens is 478 g/mol. The lowest BCUT2D eigenvalue weighted by Gasteiger charge is -2.37. The van der Waals surface area contributed by atoms with E-state index in [-0.39, 0.29) is 6.04 Å². The van der Waals surface area contributed by atoms with Crippen molar-refractivity contribution in [2.45, 2.75) is 44.8 Å². The number of aryl methyl sites for hydroxylation is 1. The second kappa shape index (κ2) is 11.2. The Kier molecular flexibility index (Phi) is 8.07.